The second-order valence-electron chi connectivity index (χ2n) is 3.77. The van der Waals surface area contributed by atoms with Crippen LogP contribution in [0.1, 0.15) is 5.56 Å². The molecule has 0 atom stereocenters. The van der Waals surface area contributed by atoms with Gasteiger partial charge in [0, 0.05) is 12.1 Å². The maximum absolute atomic E-state index is 13.5. The summed E-state index contributed by atoms with van der Waals surface area (Å²) in [4.78, 5) is 0. The fraction of sp³-hybridized carbons (Fsp3) is 0.500. The molecule has 0 saturated carbocycles. The smallest absolute Gasteiger partial charge is 0.411 e. The molecule has 0 aliphatic rings. The Morgan fingerprint density at radius 1 is 1.21 bits per heavy atom. The van der Waals surface area contributed by atoms with Gasteiger partial charge < -0.3 is 14.8 Å². The molecular weight excluding hydrogens is 266 g/mol. The monoisotopic (exact) mass is 281 g/mol. The number of benzene rings is 1. The molecule has 0 aliphatic carbocycles. The van der Waals surface area contributed by atoms with Crippen molar-refractivity contribution < 1.29 is 27.0 Å². The molecule has 0 aliphatic heterocycles. The van der Waals surface area contributed by atoms with Crippen molar-refractivity contribution >= 4 is 0 Å². The summed E-state index contributed by atoms with van der Waals surface area (Å²) in [6, 6.07) is 4.44. The van der Waals surface area contributed by atoms with Crippen molar-refractivity contribution in [1.29, 1.82) is 0 Å². The Kier molecular flexibility index (Phi) is 6.04. The van der Waals surface area contributed by atoms with Crippen LogP contribution in [0.2, 0.25) is 0 Å². The summed E-state index contributed by atoms with van der Waals surface area (Å²) >= 11 is 0. The molecule has 0 bridgehead atoms. The van der Waals surface area contributed by atoms with Gasteiger partial charge in [0.15, 0.2) is 11.6 Å². The maximum Gasteiger partial charge on any atom is 0.411 e. The van der Waals surface area contributed by atoms with E-state index in [0.717, 1.165) is 0 Å². The lowest BCUT2D eigenvalue weighted by Gasteiger charge is -2.13. The van der Waals surface area contributed by atoms with E-state index in [0.29, 0.717) is 12.1 Å². The molecule has 1 aromatic carbocycles. The van der Waals surface area contributed by atoms with Gasteiger partial charge in [-0.1, -0.05) is 12.1 Å². The summed E-state index contributed by atoms with van der Waals surface area (Å²) in [6.45, 7) is -1.34. The largest absolute Gasteiger partial charge is 0.488 e. The second-order valence-corrected chi connectivity index (χ2v) is 3.77. The Morgan fingerprint density at radius 3 is 2.58 bits per heavy atom. The maximum atomic E-state index is 13.5. The molecule has 0 saturated heterocycles. The standard InChI is InChI=1S/C12H15F4NO2/c1-17-7-9-3-2-4-10(13)11(9)19-6-5-18-8-12(14,15)16/h2-4,17H,5-8H2,1H3. The van der Waals surface area contributed by atoms with Gasteiger partial charge in [-0.3, -0.25) is 0 Å². The highest BCUT2D eigenvalue weighted by Crippen LogP contribution is 2.22. The van der Waals surface area contributed by atoms with Crippen LogP contribution in [0.25, 0.3) is 0 Å². The Bertz CT molecular complexity index is 396. The normalized spacial score (nSPS) is 11.6. The summed E-state index contributed by atoms with van der Waals surface area (Å²) < 4.78 is 58.4. The van der Waals surface area contributed by atoms with E-state index in [1.165, 1.54) is 12.1 Å². The van der Waals surface area contributed by atoms with E-state index in [1.807, 2.05) is 0 Å². The first-order valence-corrected chi connectivity index (χ1v) is 5.63. The lowest BCUT2D eigenvalue weighted by molar-refractivity contribution is -0.175. The predicted molar refractivity (Wildman–Crippen MR) is 61.5 cm³/mol. The minimum Gasteiger partial charge on any atom is -0.488 e. The van der Waals surface area contributed by atoms with E-state index in [1.54, 1.807) is 13.1 Å². The van der Waals surface area contributed by atoms with Crippen LogP contribution in [-0.4, -0.2) is 33.0 Å². The molecule has 0 spiro atoms. The number of rotatable bonds is 7. The van der Waals surface area contributed by atoms with E-state index < -0.39 is 18.6 Å². The van der Waals surface area contributed by atoms with Crippen molar-refractivity contribution in [2.45, 2.75) is 12.7 Å². The average Bonchev–Trinajstić information content (AvgIpc) is 2.31. The molecule has 0 fully saturated rings. The van der Waals surface area contributed by atoms with Crippen LogP contribution in [0.3, 0.4) is 0 Å². The molecule has 1 aromatic rings. The highest BCUT2D eigenvalue weighted by atomic mass is 19.4. The molecule has 108 valence electrons. The molecule has 0 radical (unpaired) electrons. The summed E-state index contributed by atoms with van der Waals surface area (Å²) in [6.07, 6.45) is -4.37. The number of hydrogen-bond donors (Lipinski definition) is 1. The molecule has 19 heavy (non-hydrogen) atoms. The van der Waals surface area contributed by atoms with Crippen LogP contribution in [0.5, 0.6) is 5.75 Å². The predicted octanol–water partition coefficient (Wildman–Crippen LogP) is 2.50. The van der Waals surface area contributed by atoms with Crippen LogP contribution in [0.4, 0.5) is 17.6 Å². The zero-order valence-corrected chi connectivity index (χ0v) is 10.4. The van der Waals surface area contributed by atoms with Gasteiger partial charge in [-0.2, -0.15) is 13.2 Å². The lowest BCUT2D eigenvalue weighted by Crippen LogP contribution is -2.20. The zero-order chi connectivity index (χ0) is 14.3. The van der Waals surface area contributed by atoms with Gasteiger partial charge in [-0.15, -0.1) is 0 Å². The van der Waals surface area contributed by atoms with Gasteiger partial charge >= 0.3 is 6.18 Å². The highest BCUT2D eigenvalue weighted by molar-refractivity contribution is 5.34. The lowest BCUT2D eigenvalue weighted by atomic mass is 10.2. The number of nitrogens with one attached hydrogen (secondary N) is 1. The second kappa shape index (κ2) is 7.30. The molecule has 1 rings (SSSR count). The van der Waals surface area contributed by atoms with Crippen molar-refractivity contribution in [3.05, 3.63) is 29.6 Å². The minimum atomic E-state index is -4.37. The van der Waals surface area contributed by atoms with Gasteiger partial charge in [0.25, 0.3) is 0 Å². The van der Waals surface area contributed by atoms with Crippen molar-refractivity contribution in [2.75, 3.05) is 26.9 Å². The van der Waals surface area contributed by atoms with E-state index in [4.69, 9.17) is 4.74 Å². The number of alkyl halides is 3. The third-order valence-electron chi connectivity index (χ3n) is 2.16. The molecule has 0 unspecified atom stereocenters. The average molecular weight is 281 g/mol. The fourth-order valence-corrected chi connectivity index (χ4v) is 1.44. The summed E-state index contributed by atoms with van der Waals surface area (Å²) in [7, 11) is 1.70. The Hall–Kier alpha value is -1.34. The Balaban J connectivity index is 2.44. The highest BCUT2D eigenvalue weighted by Gasteiger charge is 2.27. The van der Waals surface area contributed by atoms with Crippen LogP contribution < -0.4 is 10.1 Å². The van der Waals surface area contributed by atoms with Crippen molar-refractivity contribution in [2.24, 2.45) is 0 Å². The third-order valence-corrected chi connectivity index (χ3v) is 2.16. The molecular formula is C12H15F4NO2. The molecule has 0 amide bonds. The van der Waals surface area contributed by atoms with Gasteiger partial charge in [0.1, 0.15) is 13.2 Å². The van der Waals surface area contributed by atoms with Crippen molar-refractivity contribution in [3.63, 3.8) is 0 Å². The first-order valence-electron chi connectivity index (χ1n) is 5.63. The minimum absolute atomic E-state index is 0.0347. The number of para-hydroxylation sites is 1. The van der Waals surface area contributed by atoms with Gasteiger partial charge in [-0.25, -0.2) is 4.39 Å². The SMILES string of the molecule is CNCc1cccc(F)c1OCCOCC(F)(F)F. The fourth-order valence-electron chi connectivity index (χ4n) is 1.44. The van der Waals surface area contributed by atoms with Gasteiger partial charge in [0.05, 0.1) is 6.61 Å². The first kappa shape index (κ1) is 15.7. The summed E-state index contributed by atoms with van der Waals surface area (Å²) in [5.41, 5.74) is 0.596. The molecule has 7 heteroatoms. The Morgan fingerprint density at radius 2 is 1.95 bits per heavy atom. The van der Waals surface area contributed by atoms with Crippen molar-refractivity contribution in [1.82, 2.24) is 5.32 Å². The number of halogens is 4. The van der Waals surface area contributed by atoms with E-state index in [-0.39, 0.29) is 19.0 Å². The first-order chi connectivity index (χ1) is 8.94. The zero-order valence-electron chi connectivity index (χ0n) is 10.4. The summed E-state index contributed by atoms with van der Waals surface area (Å²) in [5.74, 6) is -0.518. The van der Waals surface area contributed by atoms with E-state index >= 15 is 0 Å². The van der Waals surface area contributed by atoms with Crippen LogP contribution >= 0.6 is 0 Å². The Labute approximate surface area is 108 Å². The number of ether oxygens (including phenoxy) is 2. The molecule has 3 nitrogen and oxygen atoms in total. The van der Waals surface area contributed by atoms with Crippen LogP contribution in [-0.2, 0) is 11.3 Å². The van der Waals surface area contributed by atoms with E-state index in [9.17, 15) is 17.6 Å². The van der Waals surface area contributed by atoms with Crippen LogP contribution in [0.15, 0.2) is 18.2 Å². The molecule has 0 heterocycles. The summed E-state index contributed by atoms with van der Waals surface area (Å²) in [5, 5.41) is 2.85. The van der Waals surface area contributed by atoms with E-state index in [2.05, 4.69) is 10.1 Å². The third kappa shape index (κ3) is 5.89. The van der Waals surface area contributed by atoms with Crippen LogP contribution in [0, 0.1) is 5.82 Å². The quantitative estimate of drug-likeness (QED) is 0.615. The van der Waals surface area contributed by atoms with Gasteiger partial charge in [0.2, 0.25) is 0 Å². The number of hydrogen-bond acceptors (Lipinski definition) is 3. The van der Waals surface area contributed by atoms with Crippen molar-refractivity contribution in [3.8, 4) is 5.75 Å². The topological polar surface area (TPSA) is 30.5 Å². The molecule has 0 aromatic heterocycles. The molecule has 1 N–H and O–H groups in total. The van der Waals surface area contributed by atoms with Gasteiger partial charge in [-0.05, 0) is 13.1 Å².